The third-order valence-corrected chi connectivity index (χ3v) is 3.54. The lowest BCUT2D eigenvalue weighted by Crippen LogP contribution is -2.50. The lowest BCUT2D eigenvalue weighted by Gasteiger charge is -2.34. The average Bonchev–Trinajstić information content (AvgIpc) is 2.49. The van der Waals surface area contributed by atoms with Gasteiger partial charge < -0.3 is 25.0 Å². The van der Waals surface area contributed by atoms with Crippen LogP contribution in [0.25, 0.3) is 0 Å². The summed E-state index contributed by atoms with van der Waals surface area (Å²) in [6.07, 6.45) is 1.19. The number of carbonyl (C=O) groups is 3. The fraction of sp³-hybridized carbons (Fsp3) is 0.769. The molecule has 0 aliphatic carbocycles. The molecule has 0 spiro atoms. The molecular weight excluding hydrogens is 278 g/mol. The molecule has 1 saturated heterocycles. The van der Waals surface area contributed by atoms with E-state index >= 15 is 0 Å². The molecule has 0 saturated carbocycles. The zero-order chi connectivity index (χ0) is 15.8. The van der Waals surface area contributed by atoms with Crippen molar-refractivity contribution in [2.24, 2.45) is 5.92 Å². The monoisotopic (exact) mass is 301 g/mol. The third-order valence-electron chi connectivity index (χ3n) is 3.54. The summed E-state index contributed by atoms with van der Waals surface area (Å²) >= 11 is 0. The molecule has 1 rings (SSSR count). The fourth-order valence-corrected chi connectivity index (χ4v) is 2.34. The molecule has 1 fully saturated rings. The Hall–Kier alpha value is -1.83. The molecule has 1 aliphatic rings. The summed E-state index contributed by atoms with van der Waals surface area (Å²) < 4.78 is 4.90. The molecule has 120 valence electrons. The van der Waals surface area contributed by atoms with E-state index in [0.717, 1.165) is 0 Å². The molecule has 1 heterocycles. The summed E-state index contributed by atoms with van der Waals surface area (Å²) in [5.41, 5.74) is 0. The molecule has 0 aromatic heterocycles. The number of carboxylic acid groups (broad SMARTS) is 1. The number of urea groups is 1. The largest absolute Gasteiger partial charge is 0.480 e. The lowest BCUT2D eigenvalue weighted by atomic mass is 9.96. The Balaban J connectivity index is 2.56. The summed E-state index contributed by atoms with van der Waals surface area (Å²) in [6.45, 7) is 1.09. The number of nitrogens with zero attached hydrogens (tertiary/aromatic N) is 2. The number of rotatable bonds is 6. The minimum atomic E-state index is -1.06. The standard InChI is InChI=1S/C13H23N3O5/c1-14-12(19)10-3-5-15(6-4-10)13(20)16(7-8-21-2)9-11(17)18/h10H,3-9H2,1-2H3,(H,14,19)(H,17,18). The Morgan fingerprint density at radius 2 is 1.95 bits per heavy atom. The number of carbonyl (C=O) groups excluding carboxylic acids is 2. The van der Waals surface area contributed by atoms with Gasteiger partial charge >= 0.3 is 12.0 Å². The molecule has 0 aromatic carbocycles. The minimum Gasteiger partial charge on any atom is -0.480 e. The number of hydrogen-bond acceptors (Lipinski definition) is 4. The van der Waals surface area contributed by atoms with Crippen LogP contribution >= 0.6 is 0 Å². The van der Waals surface area contributed by atoms with Gasteiger partial charge in [-0.25, -0.2) is 4.79 Å². The molecular formula is C13H23N3O5. The lowest BCUT2D eigenvalue weighted by molar-refractivity contribution is -0.137. The fourth-order valence-electron chi connectivity index (χ4n) is 2.34. The number of ether oxygens (including phenoxy) is 1. The number of likely N-dealkylation sites (tertiary alicyclic amines) is 1. The quantitative estimate of drug-likeness (QED) is 0.695. The van der Waals surface area contributed by atoms with E-state index in [2.05, 4.69) is 5.32 Å². The zero-order valence-corrected chi connectivity index (χ0v) is 12.5. The van der Waals surface area contributed by atoms with Crippen molar-refractivity contribution in [1.82, 2.24) is 15.1 Å². The van der Waals surface area contributed by atoms with Crippen LogP contribution in [0, 0.1) is 5.92 Å². The summed E-state index contributed by atoms with van der Waals surface area (Å²) in [5, 5.41) is 11.5. The third kappa shape index (κ3) is 5.22. The van der Waals surface area contributed by atoms with E-state index in [9.17, 15) is 14.4 Å². The number of nitrogens with one attached hydrogen (secondary N) is 1. The Morgan fingerprint density at radius 1 is 1.33 bits per heavy atom. The van der Waals surface area contributed by atoms with Crippen molar-refractivity contribution in [3.63, 3.8) is 0 Å². The molecule has 0 unspecified atom stereocenters. The van der Waals surface area contributed by atoms with E-state index in [1.807, 2.05) is 0 Å². The van der Waals surface area contributed by atoms with Gasteiger partial charge in [-0.2, -0.15) is 0 Å². The average molecular weight is 301 g/mol. The normalized spacial score (nSPS) is 15.6. The van der Waals surface area contributed by atoms with Crippen molar-refractivity contribution in [1.29, 1.82) is 0 Å². The first-order valence-electron chi connectivity index (χ1n) is 6.95. The number of amides is 3. The second-order valence-corrected chi connectivity index (χ2v) is 4.97. The zero-order valence-electron chi connectivity index (χ0n) is 12.5. The minimum absolute atomic E-state index is 0.0103. The highest BCUT2D eigenvalue weighted by molar-refractivity contribution is 5.81. The van der Waals surface area contributed by atoms with Crippen molar-refractivity contribution in [2.45, 2.75) is 12.8 Å². The Kier molecular flexibility index (Phi) is 6.93. The van der Waals surface area contributed by atoms with E-state index in [1.165, 1.54) is 12.0 Å². The van der Waals surface area contributed by atoms with Crippen molar-refractivity contribution in [3.8, 4) is 0 Å². The summed E-state index contributed by atoms with van der Waals surface area (Å²) in [6, 6.07) is -0.315. The van der Waals surface area contributed by atoms with E-state index in [4.69, 9.17) is 9.84 Å². The van der Waals surface area contributed by atoms with E-state index in [1.54, 1.807) is 11.9 Å². The molecule has 8 nitrogen and oxygen atoms in total. The topological polar surface area (TPSA) is 99.2 Å². The highest BCUT2D eigenvalue weighted by Gasteiger charge is 2.29. The van der Waals surface area contributed by atoms with Gasteiger partial charge in [0.2, 0.25) is 5.91 Å². The van der Waals surface area contributed by atoms with Crippen LogP contribution in [0.4, 0.5) is 4.79 Å². The summed E-state index contributed by atoms with van der Waals surface area (Å²) in [7, 11) is 3.09. The van der Waals surface area contributed by atoms with Crippen LogP contribution in [0.15, 0.2) is 0 Å². The molecule has 0 atom stereocenters. The van der Waals surface area contributed by atoms with E-state index < -0.39 is 5.97 Å². The van der Waals surface area contributed by atoms with Crippen molar-refractivity contribution >= 4 is 17.9 Å². The van der Waals surface area contributed by atoms with Gasteiger partial charge in [-0.15, -0.1) is 0 Å². The van der Waals surface area contributed by atoms with Gasteiger partial charge in [0.05, 0.1) is 6.61 Å². The van der Waals surface area contributed by atoms with Crippen LogP contribution in [0.5, 0.6) is 0 Å². The molecule has 2 N–H and O–H groups in total. The van der Waals surface area contributed by atoms with Crippen molar-refractivity contribution in [3.05, 3.63) is 0 Å². The second kappa shape index (κ2) is 8.46. The van der Waals surface area contributed by atoms with Crippen LogP contribution < -0.4 is 5.32 Å². The Bertz CT molecular complexity index is 380. The highest BCUT2D eigenvalue weighted by atomic mass is 16.5. The molecule has 1 aliphatic heterocycles. The molecule has 0 bridgehead atoms. The van der Waals surface area contributed by atoms with Crippen LogP contribution in [0.3, 0.4) is 0 Å². The molecule has 8 heteroatoms. The van der Waals surface area contributed by atoms with Crippen LogP contribution in [0.1, 0.15) is 12.8 Å². The van der Waals surface area contributed by atoms with Gasteiger partial charge in [0.25, 0.3) is 0 Å². The number of methoxy groups -OCH3 is 1. The summed E-state index contributed by atoms with van der Waals surface area (Å²) in [4.78, 5) is 37.5. The Labute approximate surface area is 124 Å². The number of piperidine rings is 1. The number of aliphatic carboxylic acids is 1. The SMILES string of the molecule is CNC(=O)C1CCN(C(=O)N(CCOC)CC(=O)O)CC1. The maximum Gasteiger partial charge on any atom is 0.323 e. The predicted molar refractivity (Wildman–Crippen MR) is 74.8 cm³/mol. The molecule has 21 heavy (non-hydrogen) atoms. The van der Waals surface area contributed by atoms with Crippen LogP contribution in [-0.2, 0) is 14.3 Å². The van der Waals surface area contributed by atoms with E-state index in [-0.39, 0.29) is 37.6 Å². The van der Waals surface area contributed by atoms with Crippen LogP contribution in [0.2, 0.25) is 0 Å². The molecule has 3 amide bonds. The van der Waals surface area contributed by atoms with Crippen LogP contribution in [-0.4, -0.2) is 79.8 Å². The van der Waals surface area contributed by atoms with Gasteiger partial charge in [-0.1, -0.05) is 0 Å². The first-order chi connectivity index (χ1) is 9.99. The van der Waals surface area contributed by atoms with Crippen molar-refractivity contribution < 1.29 is 24.2 Å². The van der Waals surface area contributed by atoms with Crippen molar-refractivity contribution in [2.75, 3.05) is 46.9 Å². The van der Waals surface area contributed by atoms with Gasteiger partial charge in [-0.05, 0) is 12.8 Å². The van der Waals surface area contributed by atoms with Gasteiger partial charge in [0.15, 0.2) is 0 Å². The summed E-state index contributed by atoms with van der Waals surface area (Å²) in [5.74, 6) is -1.14. The highest BCUT2D eigenvalue weighted by Crippen LogP contribution is 2.18. The van der Waals surface area contributed by atoms with Gasteiger partial charge in [0, 0.05) is 39.7 Å². The predicted octanol–water partition coefficient (Wildman–Crippen LogP) is -0.403. The first-order valence-corrected chi connectivity index (χ1v) is 6.95. The van der Waals surface area contributed by atoms with Gasteiger partial charge in [-0.3, -0.25) is 9.59 Å². The van der Waals surface area contributed by atoms with E-state index in [0.29, 0.717) is 25.9 Å². The van der Waals surface area contributed by atoms with Gasteiger partial charge in [0.1, 0.15) is 6.54 Å². The maximum absolute atomic E-state index is 12.3. The number of hydrogen-bond donors (Lipinski definition) is 2. The molecule has 0 aromatic rings. The smallest absolute Gasteiger partial charge is 0.323 e. The first kappa shape index (κ1) is 17.2. The Morgan fingerprint density at radius 3 is 2.43 bits per heavy atom. The number of carboxylic acids is 1. The maximum atomic E-state index is 12.3. The second-order valence-electron chi connectivity index (χ2n) is 4.97. The molecule has 0 radical (unpaired) electrons.